The van der Waals surface area contributed by atoms with Gasteiger partial charge in [0.15, 0.2) is 0 Å². The van der Waals surface area contributed by atoms with Gasteiger partial charge in [0.1, 0.15) is 11.4 Å². The van der Waals surface area contributed by atoms with Crippen LogP contribution in [0, 0.1) is 5.92 Å². The van der Waals surface area contributed by atoms with E-state index in [2.05, 4.69) is 62.2 Å². The number of benzene rings is 2. The molecule has 3 nitrogen and oxygen atoms in total. The number of hydrogen-bond donors (Lipinski definition) is 1. The van der Waals surface area contributed by atoms with Crippen molar-refractivity contribution in [2.45, 2.75) is 32.0 Å². The molecule has 1 aliphatic heterocycles. The maximum atomic E-state index is 6.60. The van der Waals surface area contributed by atoms with Gasteiger partial charge in [0.2, 0.25) is 0 Å². The molecule has 1 aliphatic rings. The van der Waals surface area contributed by atoms with Crippen LogP contribution in [0.1, 0.15) is 31.0 Å². The Labute approximate surface area is 139 Å². The van der Waals surface area contributed by atoms with Gasteiger partial charge in [-0.2, -0.15) is 0 Å². The highest BCUT2D eigenvalue weighted by atomic mass is 16.5. The number of nitrogens with zero attached hydrogens (tertiary/aromatic N) is 1. The Kier molecular flexibility index (Phi) is 4.42. The van der Waals surface area contributed by atoms with Gasteiger partial charge in [-0.1, -0.05) is 48.5 Å². The lowest BCUT2D eigenvalue weighted by molar-refractivity contribution is -0.00423. The van der Waals surface area contributed by atoms with E-state index in [4.69, 9.17) is 10.5 Å². The van der Waals surface area contributed by atoms with E-state index in [1.807, 2.05) is 18.2 Å². The average molecular weight is 310 g/mol. The van der Waals surface area contributed by atoms with Crippen molar-refractivity contribution in [2.24, 2.45) is 11.7 Å². The fourth-order valence-corrected chi connectivity index (χ4v) is 3.49. The molecule has 2 N–H and O–H groups in total. The largest absolute Gasteiger partial charge is 0.487 e. The van der Waals surface area contributed by atoms with Gasteiger partial charge in [-0.15, -0.1) is 0 Å². The minimum atomic E-state index is -0.279. The van der Waals surface area contributed by atoms with Crippen LogP contribution in [-0.2, 0) is 6.54 Å². The molecule has 0 aromatic heterocycles. The van der Waals surface area contributed by atoms with Crippen molar-refractivity contribution >= 4 is 0 Å². The van der Waals surface area contributed by atoms with E-state index >= 15 is 0 Å². The third-order valence-electron chi connectivity index (χ3n) is 4.78. The summed E-state index contributed by atoms with van der Waals surface area (Å²) in [5, 5.41) is 0. The second-order valence-corrected chi connectivity index (χ2v) is 7.06. The number of para-hydroxylation sites is 1. The molecular formula is C20H26N2O. The Morgan fingerprint density at radius 3 is 2.43 bits per heavy atom. The molecule has 0 saturated carbocycles. The number of rotatable bonds is 4. The molecule has 2 aromatic carbocycles. The zero-order valence-corrected chi connectivity index (χ0v) is 14.2. The van der Waals surface area contributed by atoms with Crippen LogP contribution in [-0.4, -0.2) is 24.1 Å². The minimum absolute atomic E-state index is 0.00632. The van der Waals surface area contributed by atoms with Gasteiger partial charge in [-0.3, -0.25) is 0 Å². The van der Waals surface area contributed by atoms with E-state index in [1.165, 1.54) is 5.56 Å². The number of nitrogens with two attached hydrogens (primary N) is 1. The van der Waals surface area contributed by atoms with Crippen molar-refractivity contribution in [3.63, 3.8) is 0 Å². The SMILES string of the molecule is CN(Cc1ccccc1)CC1C(N)c2ccccc2OC1(C)C. The van der Waals surface area contributed by atoms with Gasteiger partial charge in [-0.25, -0.2) is 0 Å². The van der Waals surface area contributed by atoms with Gasteiger partial charge in [0, 0.05) is 30.6 Å². The molecular weight excluding hydrogens is 284 g/mol. The molecule has 122 valence electrons. The molecule has 2 unspecified atom stereocenters. The molecule has 3 rings (SSSR count). The van der Waals surface area contributed by atoms with Crippen LogP contribution in [0.5, 0.6) is 5.75 Å². The predicted octanol–water partition coefficient (Wildman–Crippen LogP) is 3.61. The summed E-state index contributed by atoms with van der Waals surface area (Å²) in [4.78, 5) is 2.33. The Balaban J connectivity index is 1.76. The highest BCUT2D eigenvalue weighted by molar-refractivity contribution is 5.39. The summed E-state index contributed by atoms with van der Waals surface area (Å²) in [5.74, 6) is 1.16. The van der Waals surface area contributed by atoms with E-state index in [0.29, 0.717) is 0 Å². The van der Waals surface area contributed by atoms with Gasteiger partial charge in [-0.05, 0) is 32.5 Å². The standard InChI is InChI=1S/C20H26N2O/c1-20(2)17(14-22(3)13-15-9-5-4-6-10-15)19(21)16-11-7-8-12-18(16)23-20/h4-12,17,19H,13-14,21H2,1-3H3. The van der Waals surface area contributed by atoms with E-state index in [1.54, 1.807) is 0 Å². The first-order valence-electron chi connectivity index (χ1n) is 8.23. The maximum Gasteiger partial charge on any atom is 0.124 e. The normalized spacial score (nSPS) is 22.5. The number of fused-ring (bicyclic) bond motifs is 1. The smallest absolute Gasteiger partial charge is 0.124 e. The molecule has 0 amide bonds. The summed E-state index contributed by atoms with van der Waals surface area (Å²) in [6.45, 7) is 6.10. The second-order valence-electron chi connectivity index (χ2n) is 7.06. The van der Waals surface area contributed by atoms with Crippen molar-refractivity contribution < 1.29 is 4.74 Å². The topological polar surface area (TPSA) is 38.5 Å². The molecule has 0 aliphatic carbocycles. The molecule has 2 atom stereocenters. The lowest BCUT2D eigenvalue weighted by Crippen LogP contribution is -2.51. The first-order chi connectivity index (χ1) is 11.0. The predicted molar refractivity (Wildman–Crippen MR) is 94.3 cm³/mol. The maximum absolute atomic E-state index is 6.60. The molecule has 1 heterocycles. The van der Waals surface area contributed by atoms with Crippen LogP contribution in [0.3, 0.4) is 0 Å². The summed E-state index contributed by atoms with van der Waals surface area (Å²) in [6, 6.07) is 18.7. The Morgan fingerprint density at radius 2 is 1.70 bits per heavy atom. The molecule has 0 bridgehead atoms. The van der Waals surface area contributed by atoms with Crippen molar-refractivity contribution in [1.29, 1.82) is 0 Å². The minimum Gasteiger partial charge on any atom is -0.487 e. The van der Waals surface area contributed by atoms with Crippen molar-refractivity contribution in [2.75, 3.05) is 13.6 Å². The van der Waals surface area contributed by atoms with E-state index in [9.17, 15) is 0 Å². The van der Waals surface area contributed by atoms with Gasteiger partial charge >= 0.3 is 0 Å². The van der Waals surface area contributed by atoms with Crippen LogP contribution in [0.15, 0.2) is 54.6 Å². The Morgan fingerprint density at radius 1 is 1.04 bits per heavy atom. The fourth-order valence-electron chi connectivity index (χ4n) is 3.49. The Hall–Kier alpha value is -1.84. The summed E-state index contributed by atoms with van der Waals surface area (Å²) >= 11 is 0. The second kappa shape index (κ2) is 6.34. The van der Waals surface area contributed by atoms with Crippen LogP contribution >= 0.6 is 0 Å². The molecule has 23 heavy (non-hydrogen) atoms. The van der Waals surface area contributed by atoms with Crippen LogP contribution in [0.4, 0.5) is 0 Å². The zero-order valence-electron chi connectivity index (χ0n) is 14.2. The molecule has 0 saturated heterocycles. The van der Waals surface area contributed by atoms with Crippen molar-refractivity contribution in [3.8, 4) is 5.75 Å². The van der Waals surface area contributed by atoms with Gasteiger partial charge in [0.05, 0.1) is 0 Å². The molecule has 0 spiro atoms. The summed E-state index contributed by atoms with van der Waals surface area (Å²) in [7, 11) is 2.15. The first-order valence-corrected chi connectivity index (χ1v) is 8.23. The number of hydrogen-bond acceptors (Lipinski definition) is 3. The lowest BCUT2D eigenvalue weighted by atomic mass is 9.78. The molecule has 0 radical (unpaired) electrons. The molecule has 0 fully saturated rings. The van der Waals surface area contributed by atoms with Gasteiger partial charge < -0.3 is 15.4 Å². The van der Waals surface area contributed by atoms with Crippen LogP contribution in [0.2, 0.25) is 0 Å². The lowest BCUT2D eigenvalue weighted by Gasteiger charge is -2.45. The van der Waals surface area contributed by atoms with Crippen molar-refractivity contribution in [3.05, 3.63) is 65.7 Å². The quantitative estimate of drug-likeness (QED) is 0.937. The monoisotopic (exact) mass is 310 g/mol. The third kappa shape index (κ3) is 3.41. The number of ether oxygens (including phenoxy) is 1. The first kappa shape index (κ1) is 16.0. The highest BCUT2D eigenvalue weighted by Crippen LogP contribution is 2.42. The summed E-state index contributed by atoms with van der Waals surface area (Å²) < 4.78 is 6.25. The van der Waals surface area contributed by atoms with Crippen molar-refractivity contribution in [1.82, 2.24) is 4.90 Å². The van der Waals surface area contributed by atoms with Crippen LogP contribution in [0.25, 0.3) is 0 Å². The fraction of sp³-hybridized carbons (Fsp3) is 0.400. The Bertz CT molecular complexity index is 654. The van der Waals surface area contributed by atoms with E-state index in [-0.39, 0.29) is 17.6 Å². The average Bonchev–Trinajstić information content (AvgIpc) is 2.52. The van der Waals surface area contributed by atoms with E-state index < -0.39 is 0 Å². The van der Waals surface area contributed by atoms with Crippen LogP contribution < -0.4 is 10.5 Å². The zero-order chi connectivity index (χ0) is 16.4. The van der Waals surface area contributed by atoms with E-state index in [0.717, 1.165) is 24.4 Å². The third-order valence-corrected chi connectivity index (χ3v) is 4.78. The molecule has 2 aromatic rings. The summed E-state index contributed by atoms with van der Waals surface area (Å²) in [6.07, 6.45) is 0. The van der Waals surface area contributed by atoms with Gasteiger partial charge in [0.25, 0.3) is 0 Å². The highest BCUT2D eigenvalue weighted by Gasteiger charge is 2.42. The summed E-state index contributed by atoms with van der Waals surface area (Å²) in [5.41, 5.74) is 8.76. The molecule has 3 heteroatoms.